The summed E-state index contributed by atoms with van der Waals surface area (Å²) in [5, 5.41) is 12.0. The summed E-state index contributed by atoms with van der Waals surface area (Å²) in [7, 11) is 2.61. The van der Waals surface area contributed by atoms with Gasteiger partial charge in [0.25, 0.3) is 11.8 Å². The number of hydrazine groups is 1. The number of carbonyl (C=O) groups is 4. The number of pyridine rings is 1. The molecule has 2 aromatic rings. The molecule has 1 aliphatic heterocycles. The second-order valence-corrected chi connectivity index (χ2v) is 13.4. The molecule has 1 fully saturated rings. The normalized spacial score (nSPS) is 24.7. The summed E-state index contributed by atoms with van der Waals surface area (Å²) < 4.78 is 46.2. The van der Waals surface area contributed by atoms with Crippen molar-refractivity contribution < 1.29 is 42.2 Å². The lowest BCUT2D eigenvalue weighted by molar-refractivity contribution is -0.141. The lowest BCUT2D eigenvalue weighted by Gasteiger charge is -2.42. The van der Waals surface area contributed by atoms with Crippen molar-refractivity contribution in [3.05, 3.63) is 77.5 Å². The molecule has 2 heterocycles. The Kier molecular flexibility index (Phi) is 7.92. The predicted molar refractivity (Wildman–Crippen MR) is 166 cm³/mol. The van der Waals surface area contributed by atoms with E-state index in [-0.39, 0.29) is 45.0 Å². The molecule has 234 valence electrons. The molecule has 0 unspecified atom stereocenters. The summed E-state index contributed by atoms with van der Waals surface area (Å²) >= 11 is 11.3. The Morgan fingerprint density at radius 1 is 1.16 bits per heavy atom. The molecule has 3 aliphatic carbocycles. The average Bonchev–Trinajstić information content (AvgIpc) is 3.24. The van der Waals surface area contributed by atoms with Crippen molar-refractivity contribution >= 4 is 79.3 Å². The van der Waals surface area contributed by atoms with E-state index in [9.17, 15) is 37.5 Å². The number of amides is 2. The minimum Gasteiger partial charge on any atom is -0.504 e. The Bertz CT molecular complexity index is 1830. The van der Waals surface area contributed by atoms with Gasteiger partial charge in [-0.3, -0.25) is 24.2 Å². The maximum absolute atomic E-state index is 14.1. The number of hydrogen-bond acceptors (Lipinski definition) is 8. The molecule has 0 bridgehead atoms. The molecule has 2 amide bonds. The van der Waals surface area contributed by atoms with Gasteiger partial charge in [0, 0.05) is 30.2 Å². The highest BCUT2D eigenvalue weighted by molar-refractivity contribution is 14.1. The molecule has 4 aliphatic rings. The molecular weight excluding hydrogens is 798 g/mol. The van der Waals surface area contributed by atoms with Crippen LogP contribution in [0.3, 0.4) is 0 Å². The Morgan fingerprint density at radius 2 is 1.87 bits per heavy atom. The number of carbonyl (C=O) groups excluding carboxylic acids is 4. The van der Waals surface area contributed by atoms with Crippen LogP contribution in [0.4, 0.5) is 19.0 Å². The average molecular weight is 819 g/mol. The lowest BCUT2D eigenvalue weighted by Crippen LogP contribution is -2.46. The van der Waals surface area contributed by atoms with Gasteiger partial charge in [-0.15, -0.1) is 0 Å². The molecule has 1 aromatic carbocycles. The number of nitrogens with zero attached hydrogens (tertiary/aromatic N) is 3. The van der Waals surface area contributed by atoms with Gasteiger partial charge >= 0.3 is 6.18 Å². The topological polar surface area (TPSA) is 117 Å². The number of ketones is 2. The predicted octanol–water partition coefficient (Wildman–Crippen LogP) is 5.89. The van der Waals surface area contributed by atoms with Gasteiger partial charge in [-0.1, -0.05) is 23.3 Å². The Labute approximate surface area is 281 Å². The van der Waals surface area contributed by atoms with Crippen molar-refractivity contribution in [1.82, 2.24) is 9.99 Å². The van der Waals surface area contributed by atoms with Crippen LogP contribution in [0.1, 0.15) is 30.0 Å². The van der Waals surface area contributed by atoms with Crippen LogP contribution in [0.25, 0.3) is 0 Å². The van der Waals surface area contributed by atoms with Crippen molar-refractivity contribution in [3.8, 4) is 11.5 Å². The van der Waals surface area contributed by atoms with Gasteiger partial charge in [0.1, 0.15) is 5.69 Å². The second-order valence-electron chi connectivity index (χ2n) is 11.0. The Morgan fingerprint density at radius 3 is 2.53 bits per heavy atom. The van der Waals surface area contributed by atoms with Crippen LogP contribution in [0.2, 0.25) is 5.02 Å². The number of imide groups is 1. The highest BCUT2D eigenvalue weighted by Gasteiger charge is 2.58. The van der Waals surface area contributed by atoms with E-state index in [0.717, 1.165) is 16.1 Å². The van der Waals surface area contributed by atoms with Gasteiger partial charge in [-0.2, -0.15) is 18.2 Å². The molecule has 1 aromatic heterocycles. The summed E-state index contributed by atoms with van der Waals surface area (Å²) in [4.78, 5) is 58.4. The van der Waals surface area contributed by atoms with Gasteiger partial charge in [0.2, 0.25) is 0 Å². The number of aromatic nitrogens is 1. The van der Waals surface area contributed by atoms with E-state index < -0.39 is 64.7 Å². The van der Waals surface area contributed by atoms with Crippen LogP contribution in [0.15, 0.2) is 57.6 Å². The molecular formula is C30H21BrClF3IN3O6. The van der Waals surface area contributed by atoms with Crippen LogP contribution >= 0.6 is 50.1 Å². The molecule has 45 heavy (non-hydrogen) atoms. The SMILES string of the molecule is COc1cc([C@H]2C3=CC[C@@H]4C(=O)N(N(C)c5nc(C(F)(F)F)ccc5Cl)C(=O)[C@@H]4[C@@H]3CC3=C2C(=O)C=C(Br)C3=O)cc(I)c1O. The number of ether oxygens (including phenoxy) is 1. The fraction of sp³-hybridized carbons (Fsp3) is 0.300. The number of phenols is 1. The molecule has 15 heteroatoms. The lowest BCUT2D eigenvalue weighted by atomic mass is 9.59. The third-order valence-corrected chi connectivity index (χ3v) is 10.3. The smallest absolute Gasteiger partial charge is 0.433 e. The molecule has 1 saturated heterocycles. The number of methoxy groups -OCH3 is 1. The number of hydrogen-bond donors (Lipinski definition) is 1. The van der Waals surface area contributed by atoms with Gasteiger partial charge in [0.15, 0.2) is 28.9 Å². The largest absolute Gasteiger partial charge is 0.504 e. The zero-order valence-electron chi connectivity index (χ0n) is 23.3. The van der Waals surface area contributed by atoms with Crippen LogP contribution < -0.4 is 9.75 Å². The van der Waals surface area contributed by atoms with E-state index >= 15 is 0 Å². The number of halogens is 6. The zero-order chi connectivity index (χ0) is 32.7. The summed E-state index contributed by atoms with van der Waals surface area (Å²) in [6.07, 6.45) is -1.71. The maximum atomic E-state index is 14.1. The molecule has 9 nitrogen and oxygen atoms in total. The molecule has 6 rings (SSSR count). The summed E-state index contributed by atoms with van der Waals surface area (Å²) in [6, 6.07) is 4.92. The van der Waals surface area contributed by atoms with E-state index in [2.05, 4.69) is 20.9 Å². The number of aromatic hydroxyl groups is 1. The van der Waals surface area contributed by atoms with Crippen molar-refractivity contribution in [1.29, 1.82) is 0 Å². The Hall–Kier alpha value is -3.24. The highest BCUT2D eigenvalue weighted by Crippen LogP contribution is 2.56. The molecule has 0 saturated carbocycles. The maximum Gasteiger partial charge on any atom is 0.433 e. The summed E-state index contributed by atoms with van der Waals surface area (Å²) in [5.41, 5.74) is 0.361. The van der Waals surface area contributed by atoms with E-state index in [4.69, 9.17) is 16.3 Å². The van der Waals surface area contributed by atoms with Crippen LogP contribution in [-0.4, -0.2) is 52.6 Å². The molecule has 0 spiro atoms. The number of allylic oxidation sites excluding steroid dienone is 6. The third kappa shape index (κ3) is 4.99. The number of Topliss-reactive ketones (excluding diaryl/α,β-unsaturated/α-hetero) is 1. The van der Waals surface area contributed by atoms with Gasteiger partial charge in [0.05, 0.1) is 32.0 Å². The number of phenolic OH excluding ortho intramolecular Hbond substituents is 1. The molecule has 0 radical (unpaired) electrons. The summed E-state index contributed by atoms with van der Waals surface area (Å²) in [6.45, 7) is 0. The zero-order valence-corrected chi connectivity index (χ0v) is 27.8. The van der Waals surface area contributed by atoms with Crippen molar-refractivity contribution in [3.63, 3.8) is 0 Å². The number of benzene rings is 1. The quantitative estimate of drug-likeness (QED) is 0.176. The van der Waals surface area contributed by atoms with Gasteiger partial charge in [-0.25, -0.2) is 4.98 Å². The number of anilines is 1. The number of rotatable bonds is 4. The first kappa shape index (κ1) is 31.7. The van der Waals surface area contributed by atoms with E-state index in [0.29, 0.717) is 20.8 Å². The monoisotopic (exact) mass is 817 g/mol. The van der Waals surface area contributed by atoms with Crippen molar-refractivity contribution in [2.75, 3.05) is 19.2 Å². The van der Waals surface area contributed by atoms with E-state index in [1.54, 1.807) is 18.2 Å². The standard InChI is InChI=1S/C30H21BrClF3IN3O6/c1-38(27-17(32)5-6-21(37-27)30(33,34)35)39-28(43)13-4-3-12-14(23(13)29(39)44)9-15-24(19(40)10-16(31)25(15)41)22(12)11-7-18(36)26(42)20(8-11)45-2/h3,5-8,10,13-14,22-23,42H,4,9H2,1-2H3/t13-,14+,22-,23-/m0/s1. The minimum absolute atomic E-state index is 0.0161. The second kappa shape index (κ2) is 11.2. The van der Waals surface area contributed by atoms with E-state index in [1.807, 2.05) is 22.6 Å². The van der Waals surface area contributed by atoms with Crippen LogP contribution in [0, 0.1) is 21.3 Å². The van der Waals surface area contributed by atoms with Gasteiger partial charge < -0.3 is 9.84 Å². The highest BCUT2D eigenvalue weighted by atomic mass is 127. The first-order valence-electron chi connectivity index (χ1n) is 13.5. The first-order chi connectivity index (χ1) is 21.1. The first-order valence-corrected chi connectivity index (χ1v) is 15.7. The van der Waals surface area contributed by atoms with Crippen LogP contribution in [-0.2, 0) is 25.4 Å². The van der Waals surface area contributed by atoms with Gasteiger partial charge in [-0.05, 0) is 87.1 Å². The van der Waals surface area contributed by atoms with E-state index in [1.165, 1.54) is 20.2 Å². The van der Waals surface area contributed by atoms with Crippen molar-refractivity contribution in [2.24, 2.45) is 17.8 Å². The number of fused-ring (bicyclic) bond motifs is 3. The number of alkyl halides is 3. The van der Waals surface area contributed by atoms with Crippen LogP contribution in [0.5, 0.6) is 11.5 Å². The fourth-order valence-corrected chi connectivity index (χ4v) is 7.99. The fourth-order valence-electron chi connectivity index (χ4n) is 6.69. The molecule has 4 atom stereocenters. The summed E-state index contributed by atoms with van der Waals surface area (Å²) in [5.74, 6) is -5.95. The minimum atomic E-state index is -4.80. The van der Waals surface area contributed by atoms with Crippen molar-refractivity contribution in [2.45, 2.75) is 24.9 Å². The third-order valence-electron chi connectivity index (χ3n) is 8.64. The molecule has 1 N–H and O–H groups in total. The Balaban J connectivity index is 1.45.